The van der Waals surface area contributed by atoms with Crippen LogP contribution in [0.3, 0.4) is 0 Å². The van der Waals surface area contributed by atoms with Crippen molar-refractivity contribution in [3.8, 4) is 11.4 Å². The van der Waals surface area contributed by atoms with Gasteiger partial charge in [0.05, 0.1) is 13.1 Å². The Labute approximate surface area is 152 Å². The summed E-state index contributed by atoms with van der Waals surface area (Å²) in [4.78, 5) is 18.4. The number of carbonyl (C=O) groups is 1. The summed E-state index contributed by atoms with van der Waals surface area (Å²) in [6.45, 7) is 4.67. The predicted octanol–water partition coefficient (Wildman–Crippen LogP) is 3.42. The number of carbonyl (C=O) groups excluding carboxylic acids is 1. The van der Waals surface area contributed by atoms with Crippen LogP contribution in [0.15, 0.2) is 53.1 Å². The molecule has 0 saturated carbocycles. The van der Waals surface area contributed by atoms with E-state index in [9.17, 15) is 4.79 Å². The Hall–Kier alpha value is -2.99. The van der Waals surface area contributed by atoms with E-state index in [0.29, 0.717) is 18.3 Å². The number of aryl methyl sites for hydroxylation is 2. The first-order chi connectivity index (χ1) is 12.5. The molecular formula is C20H22N4O2. The molecule has 26 heavy (non-hydrogen) atoms. The Bertz CT molecular complexity index is 870. The van der Waals surface area contributed by atoms with Crippen LogP contribution in [0.2, 0.25) is 0 Å². The summed E-state index contributed by atoms with van der Waals surface area (Å²) in [5.74, 6) is 0.943. The predicted molar refractivity (Wildman–Crippen MR) is 101 cm³/mol. The molecule has 3 aromatic rings. The molecule has 3 rings (SSSR count). The highest BCUT2D eigenvalue weighted by Crippen LogP contribution is 2.16. The van der Waals surface area contributed by atoms with Crippen molar-refractivity contribution in [2.75, 3.05) is 18.9 Å². The first-order valence-corrected chi connectivity index (χ1v) is 8.44. The van der Waals surface area contributed by atoms with Gasteiger partial charge < -0.3 is 9.84 Å². The Morgan fingerprint density at radius 1 is 1.04 bits per heavy atom. The monoisotopic (exact) mass is 350 g/mol. The number of hydrogen-bond donors (Lipinski definition) is 1. The largest absolute Gasteiger partial charge is 0.338 e. The summed E-state index contributed by atoms with van der Waals surface area (Å²) in [5.41, 5.74) is 4.02. The Kier molecular flexibility index (Phi) is 5.43. The van der Waals surface area contributed by atoms with Gasteiger partial charge in [-0.05, 0) is 33.0 Å². The van der Waals surface area contributed by atoms with Gasteiger partial charge in [-0.15, -0.1) is 0 Å². The molecule has 0 radical (unpaired) electrons. The lowest BCUT2D eigenvalue weighted by Gasteiger charge is -2.13. The second-order valence-corrected chi connectivity index (χ2v) is 6.46. The summed E-state index contributed by atoms with van der Waals surface area (Å²) in [6, 6.07) is 15.6. The van der Waals surface area contributed by atoms with E-state index in [4.69, 9.17) is 4.52 Å². The normalized spacial score (nSPS) is 10.9. The van der Waals surface area contributed by atoms with Crippen molar-refractivity contribution in [2.45, 2.75) is 20.4 Å². The van der Waals surface area contributed by atoms with Crippen molar-refractivity contribution < 1.29 is 9.32 Å². The minimum Gasteiger partial charge on any atom is -0.338 e. The number of nitrogens with one attached hydrogen (secondary N) is 1. The third-order valence-electron chi connectivity index (χ3n) is 3.93. The maximum Gasteiger partial charge on any atom is 0.241 e. The molecule has 0 atom stereocenters. The molecule has 0 aliphatic carbocycles. The minimum atomic E-state index is -0.0883. The van der Waals surface area contributed by atoms with Gasteiger partial charge in [0, 0.05) is 11.3 Å². The summed E-state index contributed by atoms with van der Waals surface area (Å²) >= 11 is 0. The van der Waals surface area contributed by atoms with Crippen LogP contribution in [-0.2, 0) is 11.3 Å². The van der Waals surface area contributed by atoms with E-state index in [1.54, 1.807) is 0 Å². The van der Waals surface area contributed by atoms with Gasteiger partial charge >= 0.3 is 0 Å². The highest BCUT2D eigenvalue weighted by Gasteiger charge is 2.13. The first-order valence-electron chi connectivity index (χ1n) is 8.44. The van der Waals surface area contributed by atoms with Gasteiger partial charge in [-0.3, -0.25) is 9.69 Å². The van der Waals surface area contributed by atoms with Crippen LogP contribution in [-0.4, -0.2) is 34.5 Å². The SMILES string of the molecule is Cc1ccc(NC(=O)CN(C)Cc2nc(-c3ccc(C)cc3)no2)cc1. The standard InChI is InChI=1S/C20H22N4O2/c1-14-4-8-16(9-5-14)20-22-19(26-23-20)13-24(3)12-18(25)21-17-10-6-15(2)7-11-17/h4-11H,12-13H2,1-3H3,(H,21,25). The molecule has 6 nitrogen and oxygen atoms in total. The van der Waals surface area contributed by atoms with Crippen molar-refractivity contribution in [3.63, 3.8) is 0 Å². The van der Waals surface area contributed by atoms with Crippen LogP contribution in [0.4, 0.5) is 5.69 Å². The summed E-state index contributed by atoms with van der Waals surface area (Å²) < 4.78 is 5.30. The van der Waals surface area contributed by atoms with Crippen molar-refractivity contribution >= 4 is 11.6 Å². The van der Waals surface area contributed by atoms with Gasteiger partial charge in [0.25, 0.3) is 0 Å². The number of nitrogens with zero attached hydrogens (tertiary/aromatic N) is 3. The number of anilines is 1. The van der Waals surface area contributed by atoms with E-state index < -0.39 is 0 Å². The fourth-order valence-electron chi connectivity index (χ4n) is 2.51. The molecule has 0 fully saturated rings. The maximum absolute atomic E-state index is 12.1. The van der Waals surface area contributed by atoms with Crippen molar-refractivity contribution in [1.82, 2.24) is 15.0 Å². The number of amides is 1. The zero-order valence-corrected chi connectivity index (χ0v) is 15.2. The number of benzene rings is 2. The molecule has 1 N–H and O–H groups in total. The molecule has 134 valence electrons. The lowest BCUT2D eigenvalue weighted by Crippen LogP contribution is -2.29. The lowest BCUT2D eigenvalue weighted by molar-refractivity contribution is -0.117. The average Bonchev–Trinajstić information content (AvgIpc) is 3.05. The van der Waals surface area contributed by atoms with Gasteiger partial charge in [-0.25, -0.2) is 0 Å². The van der Waals surface area contributed by atoms with Crippen molar-refractivity contribution in [2.24, 2.45) is 0 Å². The molecule has 1 heterocycles. The van der Waals surface area contributed by atoms with E-state index in [-0.39, 0.29) is 12.5 Å². The number of likely N-dealkylation sites (N-methyl/N-ethyl adjacent to an activating group) is 1. The number of rotatable bonds is 6. The first kappa shape index (κ1) is 17.8. The Morgan fingerprint density at radius 2 is 1.65 bits per heavy atom. The minimum absolute atomic E-state index is 0.0883. The van der Waals surface area contributed by atoms with E-state index in [2.05, 4.69) is 15.5 Å². The third-order valence-corrected chi connectivity index (χ3v) is 3.93. The molecule has 1 aromatic heterocycles. The molecule has 1 amide bonds. The zero-order chi connectivity index (χ0) is 18.5. The highest BCUT2D eigenvalue weighted by atomic mass is 16.5. The maximum atomic E-state index is 12.1. The van der Waals surface area contributed by atoms with Crippen molar-refractivity contribution in [3.05, 3.63) is 65.5 Å². The van der Waals surface area contributed by atoms with Gasteiger partial charge in [0.1, 0.15) is 0 Å². The number of aromatic nitrogens is 2. The second kappa shape index (κ2) is 7.93. The van der Waals surface area contributed by atoms with Crippen LogP contribution in [0.1, 0.15) is 17.0 Å². The van der Waals surface area contributed by atoms with Crippen LogP contribution in [0, 0.1) is 13.8 Å². The molecule has 0 aliphatic rings. The molecule has 2 aromatic carbocycles. The fraction of sp³-hybridized carbons (Fsp3) is 0.250. The molecular weight excluding hydrogens is 328 g/mol. The Balaban J connectivity index is 1.54. The third kappa shape index (κ3) is 4.77. The molecule has 0 saturated heterocycles. The van der Waals surface area contributed by atoms with E-state index in [1.807, 2.05) is 74.3 Å². The molecule has 0 unspecified atom stereocenters. The van der Waals surface area contributed by atoms with Gasteiger partial charge in [0.15, 0.2) is 0 Å². The summed E-state index contributed by atoms with van der Waals surface area (Å²) in [6.07, 6.45) is 0. The summed E-state index contributed by atoms with van der Waals surface area (Å²) in [5, 5.41) is 6.89. The van der Waals surface area contributed by atoms with Crippen LogP contribution in [0.25, 0.3) is 11.4 Å². The lowest BCUT2D eigenvalue weighted by atomic mass is 10.1. The van der Waals surface area contributed by atoms with Crippen LogP contribution < -0.4 is 5.32 Å². The molecule has 0 spiro atoms. The average molecular weight is 350 g/mol. The summed E-state index contributed by atoms with van der Waals surface area (Å²) in [7, 11) is 1.84. The molecule has 0 bridgehead atoms. The Morgan fingerprint density at radius 3 is 2.31 bits per heavy atom. The van der Waals surface area contributed by atoms with E-state index in [0.717, 1.165) is 16.8 Å². The van der Waals surface area contributed by atoms with E-state index in [1.165, 1.54) is 5.56 Å². The zero-order valence-electron chi connectivity index (χ0n) is 15.2. The van der Waals surface area contributed by atoms with Crippen LogP contribution >= 0.6 is 0 Å². The van der Waals surface area contributed by atoms with E-state index >= 15 is 0 Å². The quantitative estimate of drug-likeness (QED) is 0.737. The van der Waals surface area contributed by atoms with Gasteiger partial charge in [-0.2, -0.15) is 4.98 Å². The van der Waals surface area contributed by atoms with Crippen LogP contribution in [0.5, 0.6) is 0 Å². The van der Waals surface area contributed by atoms with Gasteiger partial charge in [-0.1, -0.05) is 52.7 Å². The van der Waals surface area contributed by atoms with Crippen molar-refractivity contribution in [1.29, 1.82) is 0 Å². The highest BCUT2D eigenvalue weighted by molar-refractivity contribution is 5.92. The molecule has 6 heteroatoms. The fourth-order valence-corrected chi connectivity index (χ4v) is 2.51. The topological polar surface area (TPSA) is 71.3 Å². The number of hydrogen-bond acceptors (Lipinski definition) is 5. The van der Waals surface area contributed by atoms with Gasteiger partial charge in [0.2, 0.25) is 17.6 Å². The smallest absolute Gasteiger partial charge is 0.241 e. The second-order valence-electron chi connectivity index (χ2n) is 6.46. The molecule has 0 aliphatic heterocycles.